The summed E-state index contributed by atoms with van der Waals surface area (Å²) in [5.41, 5.74) is -0.392. The molecule has 1 aliphatic rings. The van der Waals surface area contributed by atoms with Gasteiger partial charge in [-0.3, -0.25) is 4.79 Å². The van der Waals surface area contributed by atoms with Crippen LogP contribution in [-0.2, 0) is 10.3 Å². The molecular weight excluding hydrogens is 224 g/mol. The molecule has 1 unspecified atom stereocenters. The third-order valence-corrected chi connectivity index (χ3v) is 3.68. The molecule has 0 aromatic heterocycles. The number of carbonyl (C=O) groups is 1. The molecule has 1 aromatic rings. The Morgan fingerprint density at radius 3 is 2.47 bits per heavy atom. The first kappa shape index (κ1) is 12.0. The van der Waals surface area contributed by atoms with E-state index in [0.29, 0.717) is 5.56 Å². The lowest BCUT2D eigenvalue weighted by Crippen LogP contribution is -2.58. The quantitative estimate of drug-likeness (QED) is 0.737. The lowest BCUT2D eigenvalue weighted by Gasteiger charge is -2.46. The maximum Gasteiger partial charge on any atom is 0.257 e. The second-order valence-electron chi connectivity index (χ2n) is 4.58. The van der Waals surface area contributed by atoms with Crippen molar-refractivity contribution in [2.45, 2.75) is 31.2 Å². The van der Waals surface area contributed by atoms with Gasteiger partial charge in [-0.2, -0.15) is 0 Å². The number of nitrogens with zero attached hydrogens (tertiary/aromatic N) is 1. The smallest absolute Gasteiger partial charge is 0.257 e. The standard InChI is InChI=1S/C13H15F2NO/c1-13(9-6-4-3-5-7-9)11(15)8-10(14)12(17)16(13)2/h3-7,10-11H,8H2,1-2H3/t10?,11-,13+/m0/s1. The van der Waals surface area contributed by atoms with E-state index >= 15 is 0 Å². The Hall–Kier alpha value is -1.45. The van der Waals surface area contributed by atoms with Crippen molar-refractivity contribution in [3.63, 3.8) is 0 Å². The van der Waals surface area contributed by atoms with Gasteiger partial charge in [0.2, 0.25) is 0 Å². The van der Waals surface area contributed by atoms with Crippen LogP contribution in [0.3, 0.4) is 0 Å². The first-order valence-electron chi connectivity index (χ1n) is 5.59. The van der Waals surface area contributed by atoms with Gasteiger partial charge < -0.3 is 4.90 Å². The Bertz CT molecular complexity index is 423. The van der Waals surface area contributed by atoms with Crippen LogP contribution in [0, 0.1) is 0 Å². The number of alkyl halides is 2. The van der Waals surface area contributed by atoms with Gasteiger partial charge in [0.25, 0.3) is 5.91 Å². The third kappa shape index (κ3) is 1.72. The lowest BCUT2D eigenvalue weighted by molar-refractivity contribution is -0.152. The van der Waals surface area contributed by atoms with E-state index in [0.717, 1.165) is 0 Å². The topological polar surface area (TPSA) is 20.3 Å². The minimum Gasteiger partial charge on any atom is -0.331 e. The van der Waals surface area contributed by atoms with Crippen molar-refractivity contribution < 1.29 is 13.6 Å². The van der Waals surface area contributed by atoms with Crippen LogP contribution in [0.2, 0.25) is 0 Å². The Labute approximate surface area is 99.2 Å². The number of likely N-dealkylation sites (tertiary alicyclic amines) is 1. The van der Waals surface area contributed by atoms with E-state index < -0.39 is 23.8 Å². The fourth-order valence-corrected chi connectivity index (χ4v) is 2.31. The number of amides is 1. The van der Waals surface area contributed by atoms with Gasteiger partial charge in [0.15, 0.2) is 6.17 Å². The maximum atomic E-state index is 14.2. The van der Waals surface area contributed by atoms with E-state index in [-0.39, 0.29) is 6.42 Å². The zero-order valence-electron chi connectivity index (χ0n) is 9.86. The average Bonchev–Trinajstić information content (AvgIpc) is 2.35. The second kappa shape index (κ2) is 4.09. The van der Waals surface area contributed by atoms with Gasteiger partial charge in [0.1, 0.15) is 6.17 Å². The average molecular weight is 239 g/mol. The normalized spacial score (nSPS) is 33.9. The summed E-state index contributed by atoms with van der Waals surface area (Å²) in [6.45, 7) is 1.64. The second-order valence-corrected chi connectivity index (χ2v) is 4.58. The van der Waals surface area contributed by atoms with E-state index in [1.807, 2.05) is 6.07 Å². The summed E-state index contributed by atoms with van der Waals surface area (Å²) < 4.78 is 27.5. The summed E-state index contributed by atoms with van der Waals surface area (Å²) in [6, 6.07) is 8.91. The Morgan fingerprint density at radius 1 is 1.29 bits per heavy atom. The highest BCUT2D eigenvalue weighted by molar-refractivity contribution is 5.82. The van der Waals surface area contributed by atoms with E-state index in [9.17, 15) is 13.6 Å². The molecule has 17 heavy (non-hydrogen) atoms. The van der Waals surface area contributed by atoms with Crippen LogP contribution < -0.4 is 0 Å². The number of carbonyl (C=O) groups excluding carboxylic acids is 1. The molecule has 0 saturated carbocycles. The van der Waals surface area contributed by atoms with Gasteiger partial charge in [-0.05, 0) is 12.5 Å². The number of halogens is 2. The van der Waals surface area contributed by atoms with Crippen LogP contribution >= 0.6 is 0 Å². The minimum absolute atomic E-state index is 0.367. The monoisotopic (exact) mass is 239 g/mol. The predicted molar refractivity (Wildman–Crippen MR) is 61.0 cm³/mol. The van der Waals surface area contributed by atoms with Crippen molar-refractivity contribution in [3.05, 3.63) is 35.9 Å². The summed E-state index contributed by atoms with van der Waals surface area (Å²) >= 11 is 0. The van der Waals surface area contributed by atoms with Crippen molar-refractivity contribution in [2.75, 3.05) is 7.05 Å². The number of hydrogen-bond donors (Lipinski definition) is 0. The van der Waals surface area contributed by atoms with Crippen LogP contribution in [0.5, 0.6) is 0 Å². The lowest BCUT2D eigenvalue weighted by atomic mass is 9.80. The number of rotatable bonds is 1. The maximum absolute atomic E-state index is 14.2. The highest BCUT2D eigenvalue weighted by atomic mass is 19.1. The zero-order valence-corrected chi connectivity index (χ0v) is 9.86. The summed E-state index contributed by atoms with van der Waals surface area (Å²) in [5, 5.41) is 0. The molecule has 2 rings (SSSR count). The van der Waals surface area contributed by atoms with E-state index in [4.69, 9.17) is 0 Å². The number of benzene rings is 1. The van der Waals surface area contributed by atoms with Crippen LogP contribution in [0.15, 0.2) is 30.3 Å². The van der Waals surface area contributed by atoms with Gasteiger partial charge >= 0.3 is 0 Å². The largest absolute Gasteiger partial charge is 0.331 e. The predicted octanol–water partition coefficient (Wildman–Crippen LogP) is 2.44. The first-order chi connectivity index (χ1) is 7.98. The van der Waals surface area contributed by atoms with Crippen molar-refractivity contribution in [2.24, 2.45) is 0 Å². The molecule has 1 aromatic carbocycles. The molecule has 3 atom stereocenters. The summed E-state index contributed by atoms with van der Waals surface area (Å²) in [5.74, 6) is -0.648. The Balaban J connectivity index is 2.45. The molecule has 92 valence electrons. The molecule has 2 nitrogen and oxygen atoms in total. The van der Waals surface area contributed by atoms with Crippen LogP contribution in [0.25, 0.3) is 0 Å². The van der Waals surface area contributed by atoms with Crippen LogP contribution in [-0.4, -0.2) is 30.2 Å². The number of piperidine rings is 1. The molecule has 1 amide bonds. The van der Waals surface area contributed by atoms with Gasteiger partial charge in [-0.25, -0.2) is 8.78 Å². The number of hydrogen-bond acceptors (Lipinski definition) is 1. The summed E-state index contributed by atoms with van der Waals surface area (Å²) in [6.07, 6.45) is -3.50. The molecule has 4 heteroatoms. The van der Waals surface area contributed by atoms with Crippen molar-refractivity contribution >= 4 is 5.91 Å². The summed E-state index contributed by atoms with van der Waals surface area (Å²) in [7, 11) is 1.45. The third-order valence-electron chi connectivity index (χ3n) is 3.68. The van der Waals surface area contributed by atoms with Crippen LogP contribution in [0.4, 0.5) is 8.78 Å². The molecule has 0 aliphatic carbocycles. The highest BCUT2D eigenvalue weighted by Crippen LogP contribution is 2.39. The van der Waals surface area contributed by atoms with E-state index in [1.165, 1.54) is 11.9 Å². The van der Waals surface area contributed by atoms with Gasteiger partial charge in [0, 0.05) is 13.5 Å². The van der Waals surface area contributed by atoms with E-state index in [1.54, 1.807) is 31.2 Å². The van der Waals surface area contributed by atoms with Crippen molar-refractivity contribution in [1.29, 1.82) is 0 Å². The van der Waals surface area contributed by atoms with Gasteiger partial charge in [-0.1, -0.05) is 30.3 Å². The Morgan fingerprint density at radius 2 is 1.88 bits per heavy atom. The fourth-order valence-electron chi connectivity index (χ4n) is 2.31. The fraction of sp³-hybridized carbons (Fsp3) is 0.462. The molecular formula is C13H15F2NO. The Kier molecular flexibility index (Phi) is 2.89. The van der Waals surface area contributed by atoms with Gasteiger partial charge in [-0.15, -0.1) is 0 Å². The molecule has 0 spiro atoms. The highest BCUT2D eigenvalue weighted by Gasteiger charge is 2.49. The molecule has 1 aliphatic heterocycles. The molecule has 0 bridgehead atoms. The van der Waals surface area contributed by atoms with Crippen molar-refractivity contribution in [1.82, 2.24) is 4.90 Å². The zero-order chi connectivity index (χ0) is 12.6. The molecule has 1 heterocycles. The molecule has 0 radical (unpaired) electrons. The summed E-state index contributed by atoms with van der Waals surface area (Å²) in [4.78, 5) is 12.8. The molecule has 1 fully saturated rings. The SMILES string of the molecule is CN1C(=O)C(F)C[C@H](F)[C@@]1(C)c1ccccc1. The van der Waals surface area contributed by atoms with Gasteiger partial charge in [0.05, 0.1) is 5.54 Å². The van der Waals surface area contributed by atoms with Crippen LogP contribution in [0.1, 0.15) is 18.9 Å². The minimum atomic E-state index is -1.73. The van der Waals surface area contributed by atoms with E-state index in [2.05, 4.69) is 0 Å². The van der Waals surface area contributed by atoms with Crippen molar-refractivity contribution in [3.8, 4) is 0 Å². The molecule has 1 saturated heterocycles. The first-order valence-corrected chi connectivity index (χ1v) is 5.59. The molecule has 0 N–H and O–H groups in total.